The van der Waals surface area contributed by atoms with Crippen LogP contribution in [0, 0.1) is 6.92 Å². The van der Waals surface area contributed by atoms with Gasteiger partial charge in [-0.15, -0.1) is 5.10 Å². The van der Waals surface area contributed by atoms with Crippen LogP contribution in [0.15, 0.2) is 22.7 Å². The monoisotopic (exact) mass is 292 g/mol. The highest BCUT2D eigenvalue weighted by atomic mass is 16.3. The van der Waals surface area contributed by atoms with Crippen LogP contribution in [0.2, 0.25) is 0 Å². The molecular weight excluding hydrogens is 272 g/mol. The smallest absolute Gasteiger partial charge is 0.244 e. The number of aryl methyl sites for hydroxylation is 1. The normalized spacial score (nSPS) is 11.7. The highest BCUT2D eigenvalue weighted by Gasteiger charge is 2.21. The Labute approximate surface area is 123 Å². The summed E-state index contributed by atoms with van der Waals surface area (Å²) in [5, 5.41) is 17.5. The minimum absolute atomic E-state index is 0.0687. The minimum atomic E-state index is -1.07. The molecule has 0 aliphatic heterocycles. The van der Waals surface area contributed by atoms with Gasteiger partial charge in [0.1, 0.15) is 29.4 Å². The third kappa shape index (κ3) is 3.91. The number of rotatable bonds is 5. The zero-order valence-corrected chi connectivity index (χ0v) is 12.7. The maximum atomic E-state index is 12.1. The second-order valence-corrected chi connectivity index (χ2v) is 5.62. The van der Waals surface area contributed by atoms with Crippen LogP contribution in [0.4, 0.5) is 0 Å². The van der Waals surface area contributed by atoms with E-state index in [9.17, 15) is 9.90 Å². The summed E-state index contributed by atoms with van der Waals surface area (Å²) in [7, 11) is 1.70. The van der Waals surface area contributed by atoms with Gasteiger partial charge in [-0.2, -0.15) is 0 Å². The summed E-state index contributed by atoms with van der Waals surface area (Å²) in [6, 6.07) is 3.71. The molecule has 1 amide bonds. The summed E-state index contributed by atoms with van der Waals surface area (Å²) < 4.78 is 6.86. The number of aliphatic hydroxyl groups is 1. The van der Waals surface area contributed by atoms with E-state index in [0.717, 1.165) is 11.5 Å². The van der Waals surface area contributed by atoms with Crippen LogP contribution in [0.1, 0.15) is 31.1 Å². The predicted molar refractivity (Wildman–Crippen MR) is 75.2 cm³/mol. The maximum absolute atomic E-state index is 12.1. The highest BCUT2D eigenvalue weighted by Crippen LogP contribution is 2.15. The van der Waals surface area contributed by atoms with Crippen LogP contribution in [-0.2, 0) is 23.5 Å². The number of hydrogen-bond donors (Lipinski definition) is 1. The first-order chi connectivity index (χ1) is 9.75. The Morgan fingerprint density at radius 3 is 2.71 bits per heavy atom. The zero-order chi connectivity index (χ0) is 15.6. The number of likely N-dealkylation sites (N-methyl/N-ethyl adjacent to an activating group) is 1. The Kier molecular flexibility index (Phi) is 4.13. The van der Waals surface area contributed by atoms with Crippen LogP contribution in [0.25, 0.3) is 0 Å². The van der Waals surface area contributed by atoms with Crippen LogP contribution < -0.4 is 0 Å². The van der Waals surface area contributed by atoms with Gasteiger partial charge < -0.3 is 14.4 Å². The number of carbonyl (C=O) groups is 1. The summed E-state index contributed by atoms with van der Waals surface area (Å²) in [5.41, 5.74) is -0.640. The molecule has 0 aliphatic rings. The molecule has 21 heavy (non-hydrogen) atoms. The van der Waals surface area contributed by atoms with Crippen molar-refractivity contribution in [3.05, 3.63) is 35.5 Å². The van der Waals surface area contributed by atoms with Gasteiger partial charge in [0, 0.05) is 7.05 Å². The van der Waals surface area contributed by atoms with Crippen molar-refractivity contribution in [3.63, 3.8) is 0 Å². The molecule has 0 spiro atoms. The lowest BCUT2D eigenvalue weighted by molar-refractivity contribution is -0.131. The van der Waals surface area contributed by atoms with Gasteiger partial charge >= 0.3 is 0 Å². The lowest BCUT2D eigenvalue weighted by atomic mass is 10.1. The number of carbonyl (C=O) groups excluding carboxylic acids is 1. The largest absolute Gasteiger partial charge is 0.464 e. The van der Waals surface area contributed by atoms with E-state index in [2.05, 4.69) is 10.3 Å². The summed E-state index contributed by atoms with van der Waals surface area (Å²) >= 11 is 0. The van der Waals surface area contributed by atoms with E-state index in [4.69, 9.17) is 4.42 Å². The van der Waals surface area contributed by atoms with Crippen molar-refractivity contribution in [2.45, 2.75) is 39.5 Å². The molecular formula is C14H20N4O3. The minimum Gasteiger partial charge on any atom is -0.464 e. The molecule has 0 unspecified atom stereocenters. The van der Waals surface area contributed by atoms with Crippen molar-refractivity contribution in [1.82, 2.24) is 19.9 Å². The standard InChI is InChI=1S/C14H20N4O3/c1-10-5-6-11(21-10)7-17(4)13(19)9-18-8-12(15-16-18)14(2,3)20/h5-6,8,20H,7,9H2,1-4H3. The summed E-state index contributed by atoms with van der Waals surface area (Å²) in [5.74, 6) is 1.44. The van der Waals surface area contributed by atoms with E-state index in [1.165, 1.54) is 4.68 Å². The number of aromatic nitrogens is 3. The Hall–Kier alpha value is -2.15. The fourth-order valence-corrected chi connectivity index (χ4v) is 1.81. The molecule has 7 nitrogen and oxygen atoms in total. The maximum Gasteiger partial charge on any atom is 0.244 e. The number of nitrogens with zero attached hydrogens (tertiary/aromatic N) is 4. The van der Waals surface area contributed by atoms with Gasteiger partial charge in [-0.25, -0.2) is 4.68 Å². The molecule has 0 radical (unpaired) electrons. The van der Waals surface area contributed by atoms with Crippen molar-refractivity contribution < 1.29 is 14.3 Å². The van der Waals surface area contributed by atoms with Crippen LogP contribution >= 0.6 is 0 Å². The third-order valence-electron chi connectivity index (χ3n) is 3.08. The van der Waals surface area contributed by atoms with Crippen molar-refractivity contribution in [2.24, 2.45) is 0 Å². The lowest BCUT2D eigenvalue weighted by Gasteiger charge is -2.15. The van der Waals surface area contributed by atoms with Crippen LogP contribution in [0.3, 0.4) is 0 Å². The SMILES string of the molecule is Cc1ccc(CN(C)C(=O)Cn2cc(C(C)(C)O)nn2)o1. The molecule has 0 aromatic carbocycles. The highest BCUT2D eigenvalue weighted by molar-refractivity contribution is 5.75. The molecule has 0 fully saturated rings. The average molecular weight is 292 g/mol. The molecule has 0 saturated heterocycles. The van der Waals surface area contributed by atoms with E-state index in [1.807, 2.05) is 19.1 Å². The van der Waals surface area contributed by atoms with Gasteiger partial charge in [0.05, 0.1) is 12.7 Å². The molecule has 0 aliphatic carbocycles. The topological polar surface area (TPSA) is 84.4 Å². The fraction of sp³-hybridized carbons (Fsp3) is 0.500. The number of hydrogen-bond acceptors (Lipinski definition) is 5. The first kappa shape index (κ1) is 15.2. The summed E-state index contributed by atoms with van der Waals surface area (Å²) in [4.78, 5) is 13.7. The van der Waals surface area contributed by atoms with Crippen molar-refractivity contribution in [1.29, 1.82) is 0 Å². The van der Waals surface area contributed by atoms with Gasteiger partial charge in [0.25, 0.3) is 0 Å². The lowest BCUT2D eigenvalue weighted by Crippen LogP contribution is -2.29. The Morgan fingerprint density at radius 1 is 1.48 bits per heavy atom. The molecule has 1 N–H and O–H groups in total. The molecule has 2 aromatic heterocycles. The summed E-state index contributed by atoms with van der Waals surface area (Å²) in [6.45, 7) is 5.57. The van der Waals surface area contributed by atoms with Crippen LogP contribution in [0.5, 0.6) is 0 Å². The van der Waals surface area contributed by atoms with Gasteiger partial charge in [0.15, 0.2) is 0 Å². The van der Waals surface area contributed by atoms with Gasteiger partial charge in [-0.3, -0.25) is 4.79 Å². The van der Waals surface area contributed by atoms with E-state index < -0.39 is 5.60 Å². The van der Waals surface area contributed by atoms with E-state index in [0.29, 0.717) is 12.2 Å². The molecule has 2 rings (SSSR count). The van der Waals surface area contributed by atoms with Crippen LogP contribution in [-0.4, -0.2) is 38.0 Å². The molecule has 0 saturated carbocycles. The van der Waals surface area contributed by atoms with E-state index >= 15 is 0 Å². The van der Waals surface area contributed by atoms with E-state index in [-0.39, 0.29) is 12.5 Å². The summed E-state index contributed by atoms with van der Waals surface area (Å²) in [6.07, 6.45) is 1.57. The molecule has 7 heteroatoms. The van der Waals surface area contributed by atoms with Gasteiger partial charge in [-0.1, -0.05) is 5.21 Å². The molecule has 114 valence electrons. The molecule has 0 atom stereocenters. The Bertz CT molecular complexity index is 624. The first-order valence-corrected chi connectivity index (χ1v) is 6.68. The third-order valence-corrected chi connectivity index (χ3v) is 3.08. The predicted octanol–water partition coefficient (Wildman–Crippen LogP) is 1.07. The Morgan fingerprint density at radius 2 is 2.19 bits per heavy atom. The quantitative estimate of drug-likeness (QED) is 0.891. The van der Waals surface area contributed by atoms with Crippen molar-refractivity contribution in [2.75, 3.05) is 7.05 Å². The number of furan rings is 1. The second-order valence-electron chi connectivity index (χ2n) is 5.62. The Balaban J connectivity index is 1.96. The molecule has 2 aromatic rings. The zero-order valence-electron chi connectivity index (χ0n) is 12.7. The first-order valence-electron chi connectivity index (χ1n) is 6.68. The van der Waals surface area contributed by atoms with Gasteiger partial charge in [0.2, 0.25) is 5.91 Å². The molecule has 0 bridgehead atoms. The number of amides is 1. The van der Waals surface area contributed by atoms with E-state index in [1.54, 1.807) is 32.0 Å². The fourth-order valence-electron chi connectivity index (χ4n) is 1.81. The molecule has 2 heterocycles. The van der Waals surface area contributed by atoms with Crippen molar-refractivity contribution >= 4 is 5.91 Å². The van der Waals surface area contributed by atoms with Gasteiger partial charge in [-0.05, 0) is 32.9 Å². The average Bonchev–Trinajstić information content (AvgIpc) is 2.98. The van der Waals surface area contributed by atoms with Crippen molar-refractivity contribution in [3.8, 4) is 0 Å². The second kappa shape index (κ2) is 5.69.